The minimum Gasteiger partial charge on any atom is -0.463 e. The van der Waals surface area contributed by atoms with Gasteiger partial charge in [0.05, 0.1) is 12.4 Å². The Morgan fingerprint density at radius 1 is 1.33 bits per heavy atom. The van der Waals surface area contributed by atoms with Crippen molar-refractivity contribution in [2.75, 3.05) is 25.4 Å². The molecule has 2 aromatic heterocycles. The molecule has 4 heterocycles. The molecule has 0 bridgehead atoms. The molecule has 128 valence electrons. The van der Waals surface area contributed by atoms with Crippen LogP contribution in [0.15, 0.2) is 35.3 Å². The summed E-state index contributed by atoms with van der Waals surface area (Å²) in [4.78, 5) is 10.3. The maximum atomic E-state index is 12.6. The van der Waals surface area contributed by atoms with Crippen molar-refractivity contribution in [1.29, 1.82) is 0 Å². The Morgan fingerprint density at radius 3 is 2.83 bits per heavy atom. The first-order valence-corrected chi connectivity index (χ1v) is 10.5. The number of rotatable bonds is 5. The van der Waals surface area contributed by atoms with E-state index in [-0.39, 0.29) is 11.7 Å². The molecule has 1 atom stereocenters. The fourth-order valence-corrected chi connectivity index (χ4v) is 6.82. The summed E-state index contributed by atoms with van der Waals surface area (Å²) in [6, 6.07) is 4.13. The van der Waals surface area contributed by atoms with Crippen molar-refractivity contribution in [2.24, 2.45) is 5.92 Å². The summed E-state index contributed by atoms with van der Waals surface area (Å²) in [5.41, 5.74) is 1.25. The smallest absolute Gasteiger partial charge is 0.316 e. The second-order valence-corrected chi connectivity index (χ2v) is 9.72. The van der Waals surface area contributed by atoms with Crippen molar-refractivity contribution in [3.05, 3.63) is 40.8 Å². The Morgan fingerprint density at radius 2 is 2.12 bits per heavy atom. The lowest BCUT2D eigenvalue weighted by Crippen LogP contribution is -2.67. The van der Waals surface area contributed by atoms with Gasteiger partial charge in [0.15, 0.2) is 9.84 Å². The quantitative estimate of drug-likeness (QED) is 0.802. The molecule has 0 amide bonds. The van der Waals surface area contributed by atoms with E-state index in [2.05, 4.69) is 26.3 Å². The maximum Gasteiger partial charge on any atom is 0.316 e. The summed E-state index contributed by atoms with van der Waals surface area (Å²) in [7, 11) is -3.08. The number of likely N-dealkylation sites (tertiary alicyclic amines) is 1. The van der Waals surface area contributed by atoms with Crippen LogP contribution in [0.4, 0.5) is 0 Å². The highest BCUT2D eigenvalue weighted by Crippen LogP contribution is 2.45. The first-order chi connectivity index (χ1) is 11.6. The van der Waals surface area contributed by atoms with Gasteiger partial charge in [0.25, 0.3) is 0 Å². The van der Waals surface area contributed by atoms with Crippen molar-refractivity contribution in [1.82, 2.24) is 14.9 Å². The normalized spacial score (nSPS) is 24.8. The van der Waals surface area contributed by atoms with Crippen LogP contribution in [0.1, 0.15) is 12.0 Å². The fraction of sp³-hybridized carbons (Fsp3) is 0.500. The molecule has 1 unspecified atom stereocenters. The van der Waals surface area contributed by atoms with Crippen LogP contribution in [0.25, 0.3) is 0 Å². The standard InChI is InChI=1S/C16H19N3O3S2/c20-24(21)7-3-14(9-22-15-17-4-1-5-18-15)16(24)11-19(12-16)8-13-2-6-23-10-13/h1-2,4-6,10,14H,3,7-9,11-12H2. The summed E-state index contributed by atoms with van der Waals surface area (Å²) in [5, 5.41) is 4.16. The summed E-state index contributed by atoms with van der Waals surface area (Å²) in [6.45, 7) is 2.36. The molecular formula is C16H19N3O3S2. The van der Waals surface area contributed by atoms with Gasteiger partial charge < -0.3 is 4.74 Å². The third-order valence-electron chi connectivity index (χ3n) is 5.02. The van der Waals surface area contributed by atoms with Gasteiger partial charge in [-0.15, -0.1) is 0 Å². The van der Waals surface area contributed by atoms with Crippen LogP contribution in [0.5, 0.6) is 6.01 Å². The maximum absolute atomic E-state index is 12.6. The number of hydrogen-bond donors (Lipinski definition) is 0. The number of aromatic nitrogens is 2. The minimum atomic E-state index is -3.08. The zero-order valence-electron chi connectivity index (χ0n) is 13.2. The number of nitrogens with zero attached hydrogens (tertiary/aromatic N) is 3. The summed E-state index contributed by atoms with van der Waals surface area (Å²) in [6.07, 6.45) is 3.90. The molecule has 0 aliphatic carbocycles. The monoisotopic (exact) mass is 365 g/mol. The van der Waals surface area contributed by atoms with E-state index in [1.165, 1.54) is 5.56 Å². The lowest BCUT2D eigenvalue weighted by Gasteiger charge is -2.49. The molecule has 2 fully saturated rings. The van der Waals surface area contributed by atoms with E-state index in [1.807, 2.05) is 5.38 Å². The molecule has 2 saturated heterocycles. The Labute approximate surface area is 145 Å². The van der Waals surface area contributed by atoms with Crippen LogP contribution in [0.3, 0.4) is 0 Å². The molecule has 0 saturated carbocycles. The lowest BCUT2D eigenvalue weighted by molar-refractivity contribution is 0.0573. The van der Waals surface area contributed by atoms with Crippen molar-refractivity contribution in [2.45, 2.75) is 17.7 Å². The minimum absolute atomic E-state index is 0.00466. The van der Waals surface area contributed by atoms with E-state index in [4.69, 9.17) is 4.74 Å². The average Bonchev–Trinajstić information content (AvgIpc) is 3.13. The van der Waals surface area contributed by atoms with Crippen molar-refractivity contribution < 1.29 is 13.2 Å². The Hall–Kier alpha value is -1.51. The predicted molar refractivity (Wildman–Crippen MR) is 91.7 cm³/mol. The summed E-state index contributed by atoms with van der Waals surface area (Å²) in [5.74, 6) is 0.258. The summed E-state index contributed by atoms with van der Waals surface area (Å²) >= 11 is 1.67. The molecule has 1 spiro atoms. The van der Waals surface area contributed by atoms with Crippen LogP contribution in [-0.2, 0) is 16.4 Å². The Bertz CT molecular complexity index is 787. The first-order valence-electron chi connectivity index (χ1n) is 7.95. The SMILES string of the molecule is O=S1(=O)CCC(COc2ncccn2)C12CN(Cc1ccsc1)C2. The molecule has 4 rings (SSSR count). The lowest BCUT2D eigenvalue weighted by atomic mass is 9.83. The average molecular weight is 365 g/mol. The number of thiophene rings is 1. The summed E-state index contributed by atoms with van der Waals surface area (Å²) < 4.78 is 30.2. The zero-order chi connectivity index (χ0) is 16.6. The van der Waals surface area contributed by atoms with Gasteiger partial charge in [0, 0.05) is 37.9 Å². The van der Waals surface area contributed by atoms with E-state index in [0.717, 1.165) is 6.54 Å². The van der Waals surface area contributed by atoms with Crippen LogP contribution in [-0.4, -0.2) is 53.5 Å². The van der Waals surface area contributed by atoms with E-state index >= 15 is 0 Å². The van der Waals surface area contributed by atoms with Crippen LogP contribution < -0.4 is 4.74 Å². The number of ether oxygens (including phenoxy) is 1. The molecule has 0 aromatic carbocycles. The molecule has 2 aliphatic heterocycles. The van der Waals surface area contributed by atoms with Gasteiger partial charge in [-0.25, -0.2) is 18.4 Å². The largest absolute Gasteiger partial charge is 0.463 e. The molecule has 2 aliphatic rings. The van der Waals surface area contributed by atoms with E-state index in [0.29, 0.717) is 32.1 Å². The molecular weight excluding hydrogens is 346 g/mol. The van der Waals surface area contributed by atoms with Crippen LogP contribution in [0.2, 0.25) is 0 Å². The third kappa shape index (κ3) is 2.72. The number of sulfone groups is 1. The zero-order valence-corrected chi connectivity index (χ0v) is 14.8. The molecule has 8 heteroatoms. The highest BCUT2D eigenvalue weighted by Gasteiger charge is 2.61. The van der Waals surface area contributed by atoms with Gasteiger partial charge in [-0.2, -0.15) is 11.3 Å². The third-order valence-corrected chi connectivity index (χ3v) is 8.36. The van der Waals surface area contributed by atoms with Gasteiger partial charge in [0.1, 0.15) is 4.75 Å². The second-order valence-electron chi connectivity index (χ2n) is 6.49. The molecule has 0 radical (unpaired) electrons. The molecule has 0 N–H and O–H groups in total. The first kappa shape index (κ1) is 16.0. The van der Waals surface area contributed by atoms with Gasteiger partial charge in [-0.3, -0.25) is 4.90 Å². The molecule has 24 heavy (non-hydrogen) atoms. The Balaban J connectivity index is 1.43. The van der Waals surface area contributed by atoms with E-state index in [9.17, 15) is 8.42 Å². The van der Waals surface area contributed by atoms with Crippen LogP contribution >= 0.6 is 11.3 Å². The highest BCUT2D eigenvalue weighted by atomic mass is 32.2. The Kier molecular flexibility index (Phi) is 4.06. The molecule has 2 aromatic rings. The van der Waals surface area contributed by atoms with Gasteiger partial charge in [-0.1, -0.05) is 0 Å². The van der Waals surface area contributed by atoms with Crippen molar-refractivity contribution in [3.8, 4) is 6.01 Å². The predicted octanol–water partition coefficient (Wildman–Crippen LogP) is 1.61. The topological polar surface area (TPSA) is 72.4 Å². The fourth-order valence-electron chi connectivity index (χ4n) is 3.71. The number of hydrogen-bond acceptors (Lipinski definition) is 7. The highest BCUT2D eigenvalue weighted by molar-refractivity contribution is 7.93. The van der Waals surface area contributed by atoms with Crippen molar-refractivity contribution in [3.63, 3.8) is 0 Å². The van der Waals surface area contributed by atoms with E-state index < -0.39 is 14.6 Å². The van der Waals surface area contributed by atoms with Gasteiger partial charge in [0.2, 0.25) is 0 Å². The molecule has 6 nitrogen and oxygen atoms in total. The van der Waals surface area contributed by atoms with E-state index in [1.54, 1.807) is 29.8 Å². The van der Waals surface area contributed by atoms with Gasteiger partial charge in [-0.05, 0) is 34.9 Å². The van der Waals surface area contributed by atoms with Gasteiger partial charge >= 0.3 is 6.01 Å². The van der Waals surface area contributed by atoms with Crippen molar-refractivity contribution >= 4 is 21.2 Å². The van der Waals surface area contributed by atoms with Crippen LogP contribution in [0, 0.1) is 5.92 Å². The second kappa shape index (κ2) is 6.09.